The van der Waals surface area contributed by atoms with Gasteiger partial charge in [0.05, 0.1) is 34.9 Å². The summed E-state index contributed by atoms with van der Waals surface area (Å²) in [6, 6.07) is 17.5. The number of amides is 2. The number of aromatic nitrogens is 3. The average molecular weight is 446 g/mol. The molecular weight excluding hydrogens is 422 g/mol. The maximum atomic E-state index is 12.8. The van der Waals surface area contributed by atoms with Gasteiger partial charge in [-0.25, -0.2) is 9.67 Å². The highest BCUT2D eigenvalue weighted by atomic mass is 32.1. The Morgan fingerprint density at radius 3 is 2.47 bits per heavy atom. The lowest BCUT2D eigenvalue weighted by Crippen LogP contribution is -2.23. The summed E-state index contributed by atoms with van der Waals surface area (Å²) in [4.78, 5) is 28.6. The van der Waals surface area contributed by atoms with Gasteiger partial charge in [-0.1, -0.05) is 42.5 Å². The van der Waals surface area contributed by atoms with Crippen molar-refractivity contribution in [1.82, 2.24) is 20.1 Å². The van der Waals surface area contributed by atoms with Gasteiger partial charge in [-0.2, -0.15) is 5.10 Å². The summed E-state index contributed by atoms with van der Waals surface area (Å²) in [5, 5.41) is 12.5. The predicted octanol–water partition coefficient (Wildman–Crippen LogP) is 4.75. The van der Waals surface area contributed by atoms with Crippen LogP contribution in [0.5, 0.6) is 0 Å². The van der Waals surface area contributed by atoms with Crippen LogP contribution in [0.3, 0.4) is 0 Å². The fourth-order valence-electron chi connectivity index (χ4n) is 3.42. The number of hydrogen-bond acceptors (Lipinski definition) is 5. The maximum Gasteiger partial charge on any atom is 0.260 e. The SMILES string of the molecule is CC(=O)NC(C)c1ccc(-c2csc(NC(=O)c3cnn(-c4ccccc4)c3C)n2)cc1. The summed E-state index contributed by atoms with van der Waals surface area (Å²) in [5.41, 5.74) is 4.89. The van der Waals surface area contributed by atoms with Gasteiger partial charge in [-0.15, -0.1) is 11.3 Å². The molecule has 8 heteroatoms. The minimum absolute atomic E-state index is 0.0631. The van der Waals surface area contributed by atoms with Crippen LogP contribution in [0, 0.1) is 6.92 Å². The Morgan fingerprint density at radius 2 is 1.78 bits per heavy atom. The number of rotatable bonds is 6. The lowest BCUT2D eigenvalue weighted by Gasteiger charge is -2.13. The van der Waals surface area contributed by atoms with Crippen LogP contribution in [0.15, 0.2) is 66.2 Å². The molecule has 2 amide bonds. The molecule has 32 heavy (non-hydrogen) atoms. The van der Waals surface area contributed by atoms with E-state index in [1.165, 1.54) is 18.3 Å². The number of carbonyl (C=O) groups excluding carboxylic acids is 2. The molecule has 0 bridgehead atoms. The molecule has 2 heterocycles. The zero-order chi connectivity index (χ0) is 22.7. The average Bonchev–Trinajstić information content (AvgIpc) is 3.40. The van der Waals surface area contributed by atoms with Crippen molar-refractivity contribution in [2.75, 3.05) is 5.32 Å². The molecule has 4 rings (SSSR count). The highest BCUT2D eigenvalue weighted by molar-refractivity contribution is 7.14. The van der Waals surface area contributed by atoms with Crippen LogP contribution in [0.2, 0.25) is 0 Å². The summed E-state index contributed by atoms with van der Waals surface area (Å²) in [6.45, 7) is 5.31. The van der Waals surface area contributed by atoms with Crippen LogP contribution in [0.1, 0.15) is 41.5 Å². The Kier molecular flexibility index (Phi) is 6.13. The van der Waals surface area contributed by atoms with Crippen LogP contribution in [0.25, 0.3) is 16.9 Å². The van der Waals surface area contributed by atoms with E-state index in [2.05, 4.69) is 20.7 Å². The predicted molar refractivity (Wildman–Crippen MR) is 126 cm³/mol. The molecule has 2 aromatic carbocycles. The lowest BCUT2D eigenvalue weighted by atomic mass is 10.1. The Hall–Kier alpha value is -3.78. The number of carbonyl (C=O) groups is 2. The molecule has 162 valence electrons. The van der Waals surface area contributed by atoms with Gasteiger partial charge in [-0.3, -0.25) is 14.9 Å². The van der Waals surface area contributed by atoms with E-state index in [0.29, 0.717) is 10.7 Å². The largest absolute Gasteiger partial charge is 0.350 e. The molecule has 0 aliphatic heterocycles. The van der Waals surface area contributed by atoms with Crippen molar-refractivity contribution in [2.45, 2.75) is 26.8 Å². The number of nitrogens with zero attached hydrogens (tertiary/aromatic N) is 3. The molecule has 0 radical (unpaired) electrons. The van der Waals surface area contributed by atoms with Gasteiger partial charge in [0.1, 0.15) is 0 Å². The van der Waals surface area contributed by atoms with Crippen LogP contribution >= 0.6 is 11.3 Å². The quantitative estimate of drug-likeness (QED) is 0.448. The molecular formula is C24H23N5O2S. The molecule has 7 nitrogen and oxygen atoms in total. The third kappa shape index (κ3) is 4.60. The van der Waals surface area contributed by atoms with Gasteiger partial charge >= 0.3 is 0 Å². The smallest absolute Gasteiger partial charge is 0.260 e. The summed E-state index contributed by atoms with van der Waals surface area (Å²) < 4.78 is 1.74. The first-order valence-electron chi connectivity index (χ1n) is 10.2. The van der Waals surface area contributed by atoms with Crippen molar-refractivity contribution >= 4 is 28.3 Å². The van der Waals surface area contributed by atoms with Crippen LogP contribution < -0.4 is 10.6 Å². The highest BCUT2D eigenvalue weighted by Crippen LogP contribution is 2.27. The first kappa shape index (κ1) is 21.5. The molecule has 0 aliphatic rings. The maximum absolute atomic E-state index is 12.8. The van der Waals surface area contributed by atoms with Gasteiger partial charge in [0, 0.05) is 17.9 Å². The number of anilines is 1. The Balaban J connectivity index is 1.46. The third-order valence-corrected chi connectivity index (χ3v) is 5.86. The molecule has 2 N–H and O–H groups in total. The minimum atomic E-state index is -0.245. The molecule has 0 fully saturated rings. The third-order valence-electron chi connectivity index (χ3n) is 5.11. The number of para-hydroxylation sites is 1. The van der Waals surface area contributed by atoms with Crippen LogP contribution in [-0.4, -0.2) is 26.6 Å². The molecule has 1 unspecified atom stereocenters. The van der Waals surface area contributed by atoms with E-state index in [1.54, 1.807) is 10.9 Å². The van der Waals surface area contributed by atoms with Crippen molar-refractivity contribution in [3.63, 3.8) is 0 Å². The number of thiazole rings is 1. The summed E-state index contributed by atoms with van der Waals surface area (Å²) in [7, 11) is 0. The molecule has 2 aromatic heterocycles. The standard InChI is InChI=1S/C24H23N5O2S/c1-15(26-17(3)30)18-9-11-19(12-10-18)22-14-32-24(27-22)28-23(31)21-13-25-29(16(21)2)20-7-5-4-6-8-20/h4-15H,1-3H3,(H,26,30)(H,27,28,31). The molecule has 0 saturated heterocycles. The second-order valence-corrected chi connectivity index (χ2v) is 8.29. The zero-order valence-electron chi connectivity index (χ0n) is 18.0. The van der Waals surface area contributed by atoms with Crippen molar-refractivity contribution in [2.24, 2.45) is 0 Å². The number of nitrogens with one attached hydrogen (secondary N) is 2. The minimum Gasteiger partial charge on any atom is -0.350 e. The van der Waals surface area contributed by atoms with Crippen molar-refractivity contribution in [3.8, 4) is 16.9 Å². The lowest BCUT2D eigenvalue weighted by molar-refractivity contribution is -0.119. The normalized spacial score (nSPS) is 11.7. The van der Waals surface area contributed by atoms with Gasteiger partial charge in [0.15, 0.2) is 5.13 Å². The van der Waals surface area contributed by atoms with E-state index < -0.39 is 0 Å². The topological polar surface area (TPSA) is 88.9 Å². The van der Waals surface area contributed by atoms with Crippen LogP contribution in [-0.2, 0) is 4.79 Å². The van der Waals surface area contributed by atoms with Gasteiger partial charge in [-0.05, 0) is 31.5 Å². The second kappa shape index (κ2) is 9.15. The Morgan fingerprint density at radius 1 is 1.06 bits per heavy atom. The molecule has 0 aliphatic carbocycles. The van der Waals surface area contributed by atoms with Gasteiger partial charge in [0.25, 0.3) is 5.91 Å². The molecule has 4 aromatic rings. The Bertz CT molecular complexity index is 1250. The number of benzene rings is 2. The number of hydrogen-bond donors (Lipinski definition) is 2. The van der Waals surface area contributed by atoms with E-state index in [4.69, 9.17) is 0 Å². The van der Waals surface area contributed by atoms with E-state index in [1.807, 2.05) is 73.8 Å². The van der Waals surface area contributed by atoms with Crippen LogP contribution in [0.4, 0.5) is 5.13 Å². The second-order valence-electron chi connectivity index (χ2n) is 7.43. The van der Waals surface area contributed by atoms with E-state index in [-0.39, 0.29) is 17.9 Å². The fraction of sp³-hybridized carbons (Fsp3) is 0.167. The zero-order valence-corrected chi connectivity index (χ0v) is 18.8. The summed E-state index contributed by atoms with van der Waals surface area (Å²) in [6.07, 6.45) is 1.57. The fourth-order valence-corrected chi connectivity index (χ4v) is 4.14. The first-order chi connectivity index (χ1) is 15.4. The molecule has 0 saturated carbocycles. The van der Waals surface area contributed by atoms with E-state index >= 15 is 0 Å². The van der Waals surface area contributed by atoms with E-state index in [9.17, 15) is 9.59 Å². The van der Waals surface area contributed by atoms with Crippen molar-refractivity contribution < 1.29 is 9.59 Å². The first-order valence-corrected chi connectivity index (χ1v) is 11.0. The van der Waals surface area contributed by atoms with Gasteiger partial charge in [0.2, 0.25) is 5.91 Å². The van der Waals surface area contributed by atoms with Gasteiger partial charge < -0.3 is 5.32 Å². The summed E-state index contributed by atoms with van der Waals surface area (Å²) in [5.74, 6) is -0.309. The molecule has 0 spiro atoms. The monoisotopic (exact) mass is 445 g/mol. The van der Waals surface area contributed by atoms with E-state index in [0.717, 1.165) is 28.2 Å². The molecule has 1 atom stereocenters. The van der Waals surface area contributed by atoms with Crippen molar-refractivity contribution in [3.05, 3.63) is 83.0 Å². The van der Waals surface area contributed by atoms with Crippen molar-refractivity contribution in [1.29, 1.82) is 0 Å². The highest BCUT2D eigenvalue weighted by Gasteiger charge is 2.17. The summed E-state index contributed by atoms with van der Waals surface area (Å²) >= 11 is 1.37. The Labute approximate surface area is 190 Å².